The number of halogens is 1. The second-order valence-electron chi connectivity index (χ2n) is 9.34. The molecular weight excluding hydrogens is 492 g/mol. The minimum atomic E-state index is -0.907. The van der Waals surface area contributed by atoms with Gasteiger partial charge in [-0.25, -0.2) is 0 Å². The quantitative estimate of drug-likeness (QED) is 0.436. The van der Waals surface area contributed by atoms with Gasteiger partial charge in [-0.05, 0) is 60.7 Å². The van der Waals surface area contributed by atoms with Crippen molar-refractivity contribution in [2.75, 3.05) is 20.2 Å². The van der Waals surface area contributed by atoms with Gasteiger partial charge < -0.3 is 25.3 Å². The molecule has 3 atom stereocenters. The first-order valence-corrected chi connectivity index (χ1v) is 12.6. The highest BCUT2D eigenvalue weighted by atomic mass is 35.5. The predicted octanol–water partition coefficient (Wildman–Crippen LogP) is 3.21. The number of aromatic nitrogens is 1. The predicted molar refractivity (Wildman–Crippen MR) is 140 cm³/mol. The van der Waals surface area contributed by atoms with Gasteiger partial charge in [0.25, 0.3) is 5.91 Å². The van der Waals surface area contributed by atoms with Crippen molar-refractivity contribution in [1.29, 1.82) is 0 Å². The Bertz CT molecular complexity index is 1430. The minimum absolute atomic E-state index is 0.0572. The molecule has 3 aromatic rings. The van der Waals surface area contributed by atoms with Crippen LogP contribution in [0.1, 0.15) is 40.5 Å². The number of H-pyrrole nitrogens is 1. The van der Waals surface area contributed by atoms with Gasteiger partial charge in [0.2, 0.25) is 11.8 Å². The fourth-order valence-electron chi connectivity index (χ4n) is 5.25. The summed E-state index contributed by atoms with van der Waals surface area (Å²) in [5, 5.41) is 7.05. The van der Waals surface area contributed by atoms with Crippen molar-refractivity contribution >= 4 is 40.2 Å². The molecule has 2 aliphatic heterocycles. The van der Waals surface area contributed by atoms with Gasteiger partial charge in [-0.3, -0.25) is 14.4 Å². The van der Waals surface area contributed by atoms with Crippen LogP contribution in [0.2, 0.25) is 5.02 Å². The van der Waals surface area contributed by atoms with Crippen molar-refractivity contribution < 1.29 is 19.1 Å². The lowest BCUT2D eigenvalue weighted by Gasteiger charge is -2.36. The number of rotatable bonds is 6. The number of nitrogens with one attached hydrogen (secondary N) is 3. The van der Waals surface area contributed by atoms with E-state index in [1.165, 1.54) is 0 Å². The van der Waals surface area contributed by atoms with Crippen molar-refractivity contribution in [2.45, 2.75) is 31.3 Å². The largest absolute Gasteiger partial charge is 0.496 e. The Hall–Kier alpha value is -3.96. The number of benzene rings is 2. The van der Waals surface area contributed by atoms with Gasteiger partial charge in [0.1, 0.15) is 17.5 Å². The molecule has 190 valence electrons. The zero-order chi connectivity index (χ0) is 26.1. The number of nitrogens with zero attached hydrogens (tertiary/aromatic N) is 1. The van der Waals surface area contributed by atoms with Crippen LogP contribution in [0.5, 0.6) is 5.75 Å². The van der Waals surface area contributed by atoms with Crippen LogP contribution in [0, 0.1) is 18.3 Å². The summed E-state index contributed by atoms with van der Waals surface area (Å²) in [5.41, 5.74) is 2.72. The van der Waals surface area contributed by atoms with Crippen molar-refractivity contribution in [3.63, 3.8) is 0 Å². The maximum absolute atomic E-state index is 13.8. The number of hydrogen-bond donors (Lipinski definition) is 3. The van der Waals surface area contributed by atoms with E-state index in [0.717, 1.165) is 16.5 Å². The molecule has 3 N–H and O–H groups in total. The molecule has 0 saturated carbocycles. The number of terminal acetylenes is 1. The summed E-state index contributed by atoms with van der Waals surface area (Å²) in [6, 6.07) is 11.0. The second-order valence-corrected chi connectivity index (χ2v) is 9.78. The first-order valence-electron chi connectivity index (χ1n) is 12.2. The standard InChI is InChI=1S/C28H27ClN4O4/c1-3-19(14-17-9-11-30-26(17)34)31-27(35)25-20-8-7-18(29)13-16(20)10-12-33(25)28(36)23-15-21-22(32-23)5-4-6-24(21)37-2/h1,4-8,13,15,17,19,25,32H,9-12,14H2,2H3,(H,30,34)(H,31,35)/t17-,19+,25?/m0/s1. The molecule has 2 aliphatic rings. The third kappa shape index (κ3) is 4.75. The van der Waals surface area contributed by atoms with E-state index >= 15 is 0 Å². The molecular formula is C28H27ClN4O4. The smallest absolute Gasteiger partial charge is 0.271 e. The molecule has 1 saturated heterocycles. The highest BCUT2D eigenvalue weighted by molar-refractivity contribution is 6.30. The van der Waals surface area contributed by atoms with Crippen LogP contribution >= 0.6 is 11.6 Å². The van der Waals surface area contributed by atoms with E-state index in [9.17, 15) is 14.4 Å². The lowest BCUT2D eigenvalue weighted by Crippen LogP contribution is -2.49. The molecule has 0 bridgehead atoms. The SMILES string of the molecule is C#C[C@H](C[C@@H]1CCNC1=O)NC(=O)C1c2ccc(Cl)cc2CCN1C(=O)c1cc2c(OC)cccc2[nH]1. The third-order valence-corrected chi connectivity index (χ3v) is 7.35. The average Bonchev–Trinajstić information content (AvgIpc) is 3.52. The van der Waals surface area contributed by atoms with E-state index in [1.807, 2.05) is 24.3 Å². The van der Waals surface area contributed by atoms with Gasteiger partial charge in [0, 0.05) is 34.9 Å². The maximum atomic E-state index is 13.8. The summed E-state index contributed by atoms with van der Waals surface area (Å²) in [5.74, 6) is 2.23. The number of carbonyl (C=O) groups is 3. The minimum Gasteiger partial charge on any atom is -0.496 e. The summed E-state index contributed by atoms with van der Waals surface area (Å²) in [6.45, 7) is 0.922. The fourth-order valence-corrected chi connectivity index (χ4v) is 5.44. The van der Waals surface area contributed by atoms with Crippen LogP contribution in [0.15, 0.2) is 42.5 Å². The van der Waals surface area contributed by atoms with Gasteiger partial charge in [0.05, 0.1) is 13.2 Å². The first kappa shape index (κ1) is 24.7. The van der Waals surface area contributed by atoms with E-state index in [0.29, 0.717) is 54.4 Å². The van der Waals surface area contributed by atoms with Crippen LogP contribution in [-0.4, -0.2) is 53.8 Å². The number of carbonyl (C=O) groups excluding carboxylic acids is 3. The molecule has 3 amide bonds. The number of methoxy groups -OCH3 is 1. The Kier molecular flexibility index (Phi) is 6.81. The number of amides is 3. The molecule has 9 heteroatoms. The van der Waals surface area contributed by atoms with Crippen molar-refractivity contribution in [3.05, 3.63) is 64.3 Å². The fraction of sp³-hybridized carbons (Fsp3) is 0.321. The lowest BCUT2D eigenvalue weighted by molar-refractivity contribution is -0.127. The van der Waals surface area contributed by atoms with Crippen molar-refractivity contribution in [1.82, 2.24) is 20.5 Å². The van der Waals surface area contributed by atoms with E-state index in [-0.39, 0.29) is 17.7 Å². The number of aromatic amines is 1. The molecule has 37 heavy (non-hydrogen) atoms. The van der Waals surface area contributed by atoms with Gasteiger partial charge >= 0.3 is 0 Å². The second kappa shape index (κ2) is 10.2. The molecule has 8 nitrogen and oxygen atoms in total. The highest BCUT2D eigenvalue weighted by Gasteiger charge is 2.38. The Morgan fingerprint density at radius 3 is 2.86 bits per heavy atom. The van der Waals surface area contributed by atoms with Gasteiger partial charge in [-0.15, -0.1) is 6.42 Å². The number of hydrogen-bond acceptors (Lipinski definition) is 4. The zero-order valence-electron chi connectivity index (χ0n) is 20.3. The maximum Gasteiger partial charge on any atom is 0.271 e. The monoisotopic (exact) mass is 518 g/mol. The topological polar surface area (TPSA) is 104 Å². The van der Waals surface area contributed by atoms with E-state index in [2.05, 4.69) is 21.5 Å². The number of fused-ring (bicyclic) bond motifs is 2. The Morgan fingerprint density at radius 1 is 1.30 bits per heavy atom. The first-order chi connectivity index (χ1) is 17.9. The van der Waals surface area contributed by atoms with Crippen molar-refractivity contribution in [3.8, 4) is 18.1 Å². The lowest BCUT2D eigenvalue weighted by atomic mass is 9.91. The Labute approximate surface area is 219 Å². The molecule has 5 rings (SSSR count). The molecule has 1 aromatic heterocycles. The zero-order valence-corrected chi connectivity index (χ0v) is 21.1. The van der Waals surface area contributed by atoms with E-state index in [1.54, 1.807) is 30.2 Å². The third-order valence-electron chi connectivity index (χ3n) is 7.12. The Balaban J connectivity index is 1.46. The molecule has 0 aliphatic carbocycles. The van der Waals surface area contributed by atoms with E-state index < -0.39 is 18.0 Å². The summed E-state index contributed by atoms with van der Waals surface area (Å²) in [7, 11) is 1.58. The molecule has 0 radical (unpaired) electrons. The molecule has 1 fully saturated rings. The highest BCUT2D eigenvalue weighted by Crippen LogP contribution is 2.34. The normalized spacial score (nSPS) is 19.6. The summed E-state index contributed by atoms with van der Waals surface area (Å²) < 4.78 is 5.43. The van der Waals surface area contributed by atoms with Crippen LogP contribution in [0.25, 0.3) is 10.9 Å². The Morgan fingerprint density at radius 2 is 2.14 bits per heavy atom. The summed E-state index contributed by atoms with van der Waals surface area (Å²) in [6.07, 6.45) is 7.29. The van der Waals surface area contributed by atoms with Gasteiger partial charge in [0.15, 0.2) is 0 Å². The molecule has 3 heterocycles. The number of ether oxygens (including phenoxy) is 1. The average molecular weight is 519 g/mol. The van der Waals surface area contributed by atoms with Crippen LogP contribution < -0.4 is 15.4 Å². The summed E-state index contributed by atoms with van der Waals surface area (Å²) >= 11 is 6.23. The van der Waals surface area contributed by atoms with E-state index in [4.69, 9.17) is 22.8 Å². The van der Waals surface area contributed by atoms with Crippen LogP contribution in [0.3, 0.4) is 0 Å². The van der Waals surface area contributed by atoms with Gasteiger partial charge in [-0.1, -0.05) is 29.7 Å². The molecule has 1 unspecified atom stereocenters. The summed E-state index contributed by atoms with van der Waals surface area (Å²) in [4.78, 5) is 44.3. The molecule has 0 spiro atoms. The molecule has 2 aromatic carbocycles. The van der Waals surface area contributed by atoms with Crippen LogP contribution in [0.4, 0.5) is 0 Å². The van der Waals surface area contributed by atoms with Gasteiger partial charge in [-0.2, -0.15) is 0 Å². The van der Waals surface area contributed by atoms with Crippen molar-refractivity contribution in [2.24, 2.45) is 5.92 Å². The van der Waals surface area contributed by atoms with Crippen LogP contribution in [-0.2, 0) is 16.0 Å².